The lowest BCUT2D eigenvalue weighted by atomic mass is 9.86. The highest BCUT2D eigenvalue weighted by molar-refractivity contribution is 5.42. The van der Waals surface area contributed by atoms with Gasteiger partial charge in [0.05, 0.1) is 17.2 Å². The average Bonchev–Trinajstić information content (AvgIpc) is 2.43. The van der Waals surface area contributed by atoms with E-state index in [4.69, 9.17) is 5.26 Å². The third kappa shape index (κ3) is 2.28. The molecule has 2 aromatic rings. The molecule has 0 aliphatic heterocycles. The van der Waals surface area contributed by atoms with Crippen LogP contribution in [0, 0.1) is 29.9 Å². The summed E-state index contributed by atoms with van der Waals surface area (Å²) in [6.45, 7) is 2.81. The number of nitriles is 1. The van der Waals surface area contributed by atoms with Crippen molar-refractivity contribution in [2.75, 3.05) is 0 Å². The summed E-state index contributed by atoms with van der Waals surface area (Å²) >= 11 is 0. The van der Waals surface area contributed by atoms with Crippen molar-refractivity contribution in [3.63, 3.8) is 0 Å². The second-order valence-corrected chi connectivity index (χ2v) is 4.82. The number of aliphatic hydroxyl groups is 1. The molecule has 0 saturated carbocycles. The fourth-order valence-corrected chi connectivity index (χ4v) is 2.14. The minimum atomic E-state index is -1.85. The van der Waals surface area contributed by atoms with Crippen molar-refractivity contribution in [3.8, 4) is 6.07 Å². The van der Waals surface area contributed by atoms with Gasteiger partial charge in [-0.2, -0.15) is 5.26 Å². The molecule has 0 bridgehead atoms. The summed E-state index contributed by atoms with van der Waals surface area (Å²) in [7, 11) is 0. The van der Waals surface area contributed by atoms with E-state index in [1.165, 1.54) is 32.0 Å². The zero-order valence-electron chi connectivity index (χ0n) is 11.1. The molecule has 1 atom stereocenters. The zero-order valence-corrected chi connectivity index (χ0v) is 11.1. The Morgan fingerprint density at radius 1 is 1.20 bits per heavy atom. The van der Waals surface area contributed by atoms with Gasteiger partial charge in [-0.1, -0.05) is 18.2 Å². The van der Waals surface area contributed by atoms with Crippen LogP contribution in [-0.2, 0) is 5.60 Å². The van der Waals surface area contributed by atoms with Crippen LogP contribution in [0.3, 0.4) is 0 Å². The molecule has 0 spiro atoms. The lowest BCUT2D eigenvalue weighted by Gasteiger charge is -2.26. The maximum atomic E-state index is 14.2. The van der Waals surface area contributed by atoms with Gasteiger partial charge in [0.2, 0.25) is 0 Å². The zero-order chi connectivity index (χ0) is 14.9. The van der Waals surface area contributed by atoms with Gasteiger partial charge >= 0.3 is 0 Å². The molecule has 4 heteroatoms. The quantitative estimate of drug-likeness (QED) is 0.911. The van der Waals surface area contributed by atoms with E-state index in [2.05, 4.69) is 0 Å². The summed E-state index contributed by atoms with van der Waals surface area (Å²) < 4.78 is 28.1. The fourth-order valence-electron chi connectivity index (χ4n) is 2.14. The molecule has 0 aliphatic carbocycles. The van der Waals surface area contributed by atoms with Gasteiger partial charge < -0.3 is 5.11 Å². The molecule has 2 nitrogen and oxygen atoms in total. The predicted octanol–water partition coefficient (Wildman–Crippen LogP) is 3.40. The number of halogens is 2. The Morgan fingerprint density at radius 3 is 2.55 bits per heavy atom. The van der Waals surface area contributed by atoms with Crippen molar-refractivity contribution in [2.45, 2.75) is 19.4 Å². The topological polar surface area (TPSA) is 44.0 Å². The minimum absolute atomic E-state index is 0.248. The van der Waals surface area contributed by atoms with Gasteiger partial charge in [-0.15, -0.1) is 0 Å². The molecule has 0 fully saturated rings. The van der Waals surface area contributed by atoms with Crippen LogP contribution in [0.15, 0.2) is 36.4 Å². The molecular weight excluding hydrogens is 260 g/mol. The summed E-state index contributed by atoms with van der Waals surface area (Å²) in [5.74, 6) is -1.60. The average molecular weight is 273 g/mol. The first-order valence-corrected chi connectivity index (χ1v) is 6.06. The lowest BCUT2D eigenvalue weighted by molar-refractivity contribution is 0.0932. The largest absolute Gasteiger partial charge is 0.380 e. The van der Waals surface area contributed by atoms with Gasteiger partial charge in [0.15, 0.2) is 0 Å². The minimum Gasteiger partial charge on any atom is -0.380 e. The van der Waals surface area contributed by atoms with Crippen molar-refractivity contribution in [2.24, 2.45) is 0 Å². The van der Waals surface area contributed by atoms with Crippen LogP contribution in [0.25, 0.3) is 0 Å². The monoisotopic (exact) mass is 273 g/mol. The second kappa shape index (κ2) is 5.03. The molecule has 20 heavy (non-hydrogen) atoms. The number of hydrogen-bond acceptors (Lipinski definition) is 2. The van der Waals surface area contributed by atoms with Crippen molar-refractivity contribution in [1.29, 1.82) is 5.26 Å². The van der Waals surface area contributed by atoms with E-state index in [1.54, 1.807) is 12.1 Å². The molecule has 0 aromatic heterocycles. The summed E-state index contributed by atoms with van der Waals surface area (Å²) in [5, 5.41) is 19.4. The molecule has 0 aliphatic rings. The Labute approximate surface area is 115 Å². The molecule has 1 unspecified atom stereocenters. The third-order valence-electron chi connectivity index (χ3n) is 3.32. The summed E-state index contributed by atoms with van der Waals surface area (Å²) in [5.41, 5.74) is -1.44. The molecule has 102 valence electrons. The van der Waals surface area contributed by atoms with Crippen molar-refractivity contribution < 1.29 is 13.9 Å². The Balaban J connectivity index is 2.66. The highest BCUT2D eigenvalue weighted by atomic mass is 19.1. The Morgan fingerprint density at radius 2 is 1.90 bits per heavy atom. The Bertz CT molecular complexity index is 702. The first kappa shape index (κ1) is 14.2. The van der Waals surface area contributed by atoms with Crippen molar-refractivity contribution in [1.82, 2.24) is 0 Å². The van der Waals surface area contributed by atoms with E-state index in [-0.39, 0.29) is 11.1 Å². The number of aryl methyl sites for hydroxylation is 1. The van der Waals surface area contributed by atoms with Crippen LogP contribution >= 0.6 is 0 Å². The van der Waals surface area contributed by atoms with Crippen LogP contribution in [0.2, 0.25) is 0 Å². The highest BCUT2D eigenvalue weighted by Crippen LogP contribution is 2.34. The van der Waals surface area contributed by atoms with Crippen molar-refractivity contribution in [3.05, 3.63) is 70.3 Å². The number of nitrogens with zero attached hydrogens (tertiary/aromatic N) is 1. The predicted molar refractivity (Wildman–Crippen MR) is 70.9 cm³/mol. The number of rotatable bonds is 2. The molecular formula is C16H13F2NO. The summed E-state index contributed by atoms with van der Waals surface area (Å²) in [6.07, 6.45) is 0. The smallest absolute Gasteiger partial charge is 0.135 e. The van der Waals surface area contributed by atoms with Crippen molar-refractivity contribution >= 4 is 0 Å². The molecule has 2 rings (SSSR count). The van der Waals surface area contributed by atoms with E-state index in [0.29, 0.717) is 5.56 Å². The first-order chi connectivity index (χ1) is 9.37. The fraction of sp³-hybridized carbons (Fsp3) is 0.188. The SMILES string of the molecule is Cc1ccc(F)c(C(C)(O)c2cccc(C#N)c2)c1F. The van der Waals surface area contributed by atoms with Gasteiger partial charge in [-0.3, -0.25) is 0 Å². The molecule has 2 aromatic carbocycles. The van der Waals surface area contributed by atoms with E-state index < -0.39 is 22.8 Å². The van der Waals surface area contributed by atoms with Crippen LogP contribution in [0.1, 0.15) is 29.2 Å². The van der Waals surface area contributed by atoms with Crippen LogP contribution in [0.4, 0.5) is 8.78 Å². The van der Waals surface area contributed by atoms with E-state index in [9.17, 15) is 13.9 Å². The van der Waals surface area contributed by atoms with Gasteiger partial charge in [0.1, 0.15) is 17.2 Å². The maximum absolute atomic E-state index is 14.2. The summed E-state index contributed by atoms with van der Waals surface area (Å²) in [6, 6.07) is 10.4. The standard InChI is InChI=1S/C16H13F2NO/c1-10-6-7-13(17)14(15(10)18)16(2,20)12-5-3-4-11(8-12)9-19/h3-8,20H,1-2H3. The van der Waals surface area contributed by atoms with E-state index in [1.807, 2.05) is 6.07 Å². The maximum Gasteiger partial charge on any atom is 0.135 e. The number of benzene rings is 2. The molecule has 0 radical (unpaired) electrons. The van der Waals surface area contributed by atoms with Crippen LogP contribution in [0.5, 0.6) is 0 Å². The highest BCUT2D eigenvalue weighted by Gasteiger charge is 2.33. The molecule has 1 N–H and O–H groups in total. The third-order valence-corrected chi connectivity index (χ3v) is 3.32. The molecule has 0 amide bonds. The van der Waals surface area contributed by atoms with Gasteiger partial charge in [-0.05, 0) is 43.2 Å². The Kier molecular flexibility index (Phi) is 3.56. The second-order valence-electron chi connectivity index (χ2n) is 4.82. The van der Waals surface area contributed by atoms with Gasteiger partial charge in [-0.25, -0.2) is 8.78 Å². The van der Waals surface area contributed by atoms with E-state index >= 15 is 0 Å². The molecule has 0 saturated heterocycles. The lowest BCUT2D eigenvalue weighted by Crippen LogP contribution is -2.26. The van der Waals surface area contributed by atoms with Crippen LogP contribution < -0.4 is 0 Å². The van der Waals surface area contributed by atoms with Gasteiger partial charge in [0, 0.05) is 0 Å². The summed E-state index contributed by atoms with van der Waals surface area (Å²) in [4.78, 5) is 0. The molecule has 0 heterocycles. The normalized spacial score (nSPS) is 13.6. The first-order valence-electron chi connectivity index (χ1n) is 6.06. The Hall–Kier alpha value is -2.25. The van der Waals surface area contributed by atoms with Gasteiger partial charge in [0.25, 0.3) is 0 Å². The number of hydrogen-bond donors (Lipinski definition) is 1. The van der Waals surface area contributed by atoms with Crippen LogP contribution in [-0.4, -0.2) is 5.11 Å². The van der Waals surface area contributed by atoms with E-state index in [0.717, 1.165) is 6.07 Å².